The van der Waals surface area contributed by atoms with Crippen LogP contribution in [0.15, 0.2) is 24.3 Å². The molecule has 1 spiro atoms. The first-order chi connectivity index (χ1) is 13.3. The Labute approximate surface area is 165 Å². The number of hydrogen-bond donors (Lipinski definition) is 0. The Morgan fingerprint density at radius 2 is 1.79 bits per heavy atom. The molecule has 1 atom stereocenters. The molecule has 1 aromatic rings. The zero-order valence-electron chi connectivity index (χ0n) is 16.1. The first-order valence-corrected chi connectivity index (χ1v) is 11.8. The van der Waals surface area contributed by atoms with Crippen molar-refractivity contribution in [3.05, 3.63) is 35.6 Å². The van der Waals surface area contributed by atoms with E-state index in [9.17, 15) is 17.6 Å². The van der Waals surface area contributed by atoms with Crippen LogP contribution in [0, 0.1) is 5.82 Å². The number of sulfonamides is 1. The van der Waals surface area contributed by atoms with Crippen LogP contribution in [0.5, 0.6) is 0 Å². The third-order valence-corrected chi connectivity index (χ3v) is 7.53. The molecule has 0 radical (unpaired) electrons. The number of hydrogen-bond acceptors (Lipinski definition) is 4. The molecular weight excluding hydrogens is 383 g/mol. The van der Waals surface area contributed by atoms with Crippen molar-refractivity contribution >= 4 is 15.9 Å². The van der Waals surface area contributed by atoms with Crippen LogP contribution in [0.3, 0.4) is 0 Å². The fourth-order valence-electron chi connectivity index (χ4n) is 4.63. The lowest BCUT2D eigenvalue weighted by Crippen LogP contribution is -2.55. The highest BCUT2D eigenvalue weighted by Gasteiger charge is 2.47. The molecule has 2 saturated heterocycles. The van der Waals surface area contributed by atoms with Crippen LogP contribution in [-0.4, -0.2) is 67.2 Å². The highest BCUT2D eigenvalue weighted by Crippen LogP contribution is 2.41. The lowest BCUT2D eigenvalue weighted by molar-refractivity contribution is -0.123. The van der Waals surface area contributed by atoms with Gasteiger partial charge in [0.1, 0.15) is 5.82 Å². The zero-order chi connectivity index (χ0) is 19.9. The van der Waals surface area contributed by atoms with Crippen molar-refractivity contribution < 1.29 is 22.3 Å². The van der Waals surface area contributed by atoms with E-state index >= 15 is 0 Å². The Morgan fingerprint density at radius 1 is 1.14 bits per heavy atom. The van der Waals surface area contributed by atoms with Gasteiger partial charge in [0.2, 0.25) is 10.0 Å². The molecular formula is C20H27FN2O4S. The first-order valence-electron chi connectivity index (χ1n) is 9.95. The Balaban J connectivity index is 1.41. The number of nitrogens with zero attached hydrogens (tertiary/aromatic N) is 2. The second-order valence-corrected chi connectivity index (χ2v) is 10.2. The van der Waals surface area contributed by atoms with Crippen LogP contribution in [0.25, 0.3) is 0 Å². The Hall–Kier alpha value is -1.51. The summed E-state index contributed by atoms with van der Waals surface area (Å²) in [5.74, 6) is -0.458. The summed E-state index contributed by atoms with van der Waals surface area (Å²) in [5.41, 5.74) is 0.122. The van der Waals surface area contributed by atoms with Crippen molar-refractivity contribution in [2.45, 2.75) is 56.2 Å². The molecule has 2 aliphatic heterocycles. The summed E-state index contributed by atoms with van der Waals surface area (Å²) < 4.78 is 45.6. The molecule has 3 aliphatic rings. The van der Waals surface area contributed by atoms with Gasteiger partial charge in [-0.05, 0) is 62.8 Å². The van der Waals surface area contributed by atoms with E-state index in [-0.39, 0.29) is 29.4 Å². The average Bonchev–Trinajstić information content (AvgIpc) is 3.46. The van der Waals surface area contributed by atoms with Crippen molar-refractivity contribution in [2.75, 3.05) is 26.0 Å². The van der Waals surface area contributed by atoms with Gasteiger partial charge in [-0.3, -0.25) is 4.79 Å². The zero-order valence-corrected chi connectivity index (χ0v) is 17.0. The van der Waals surface area contributed by atoms with Crippen LogP contribution in [0.1, 0.15) is 48.9 Å². The predicted octanol–water partition coefficient (Wildman–Crippen LogP) is 2.40. The standard InChI is InChI=1S/C20H27FN2O4S/c1-28(25,26)23(17-6-7-17)18-8-13-27-20(14-18)9-11-22(12-10-20)19(24)15-2-4-16(21)5-3-15/h2-5,17-18H,6-14H2,1H3. The van der Waals surface area contributed by atoms with Gasteiger partial charge in [-0.1, -0.05) is 0 Å². The second kappa shape index (κ2) is 7.39. The third kappa shape index (κ3) is 4.09. The van der Waals surface area contributed by atoms with Gasteiger partial charge in [0, 0.05) is 37.3 Å². The molecule has 1 aromatic carbocycles. The van der Waals surface area contributed by atoms with E-state index < -0.39 is 10.0 Å². The van der Waals surface area contributed by atoms with Gasteiger partial charge >= 0.3 is 0 Å². The molecule has 1 unspecified atom stereocenters. The van der Waals surface area contributed by atoms with Crippen molar-refractivity contribution in [2.24, 2.45) is 0 Å². The summed E-state index contributed by atoms with van der Waals surface area (Å²) in [6.45, 7) is 1.67. The third-order valence-electron chi connectivity index (χ3n) is 6.17. The fraction of sp³-hybridized carbons (Fsp3) is 0.650. The Morgan fingerprint density at radius 3 is 2.36 bits per heavy atom. The van der Waals surface area contributed by atoms with Crippen LogP contribution < -0.4 is 0 Å². The number of piperidine rings is 1. The van der Waals surface area contributed by atoms with E-state index in [1.807, 2.05) is 0 Å². The minimum Gasteiger partial charge on any atom is -0.375 e. The van der Waals surface area contributed by atoms with Crippen LogP contribution >= 0.6 is 0 Å². The highest BCUT2D eigenvalue weighted by atomic mass is 32.2. The first kappa shape index (κ1) is 19.8. The van der Waals surface area contributed by atoms with Crippen molar-refractivity contribution in [3.63, 3.8) is 0 Å². The smallest absolute Gasteiger partial charge is 0.253 e. The Kier molecular flexibility index (Phi) is 5.22. The maximum Gasteiger partial charge on any atom is 0.253 e. The molecule has 1 amide bonds. The fourth-order valence-corrected chi connectivity index (χ4v) is 6.10. The topological polar surface area (TPSA) is 66.9 Å². The quantitative estimate of drug-likeness (QED) is 0.765. The van der Waals surface area contributed by atoms with Gasteiger partial charge in [0.15, 0.2) is 0 Å². The van der Waals surface area contributed by atoms with E-state index in [2.05, 4.69) is 0 Å². The van der Waals surface area contributed by atoms with Gasteiger partial charge in [-0.25, -0.2) is 12.8 Å². The Bertz CT molecular complexity index is 830. The van der Waals surface area contributed by atoms with Gasteiger partial charge in [0.05, 0.1) is 11.9 Å². The number of rotatable bonds is 4. The largest absolute Gasteiger partial charge is 0.375 e. The molecule has 0 N–H and O–H groups in total. The normalized spacial score (nSPS) is 25.2. The monoisotopic (exact) mass is 410 g/mol. The summed E-state index contributed by atoms with van der Waals surface area (Å²) >= 11 is 0. The van der Waals surface area contributed by atoms with Crippen molar-refractivity contribution in [1.29, 1.82) is 0 Å². The molecule has 1 aliphatic carbocycles. The molecule has 0 aromatic heterocycles. The average molecular weight is 411 g/mol. The van der Waals surface area contributed by atoms with Crippen molar-refractivity contribution in [3.8, 4) is 0 Å². The summed E-state index contributed by atoms with van der Waals surface area (Å²) in [4.78, 5) is 14.4. The number of halogens is 1. The number of carbonyl (C=O) groups is 1. The molecule has 0 bridgehead atoms. The van der Waals surface area contributed by atoms with E-state index in [1.54, 1.807) is 9.21 Å². The number of amides is 1. The van der Waals surface area contributed by atoms with Crippen LogP contribution in [-0.2, 0) is 14.8 Å². The number of ether oxygens (including phenoxy) is 1. The summed E-state index contributed by atoms with van der Waals surface area (Å²) in [6, 6.07) is 5.74. The number of carbonyl (C=O) groups excluding carboxylic acids is 1. The van der Waals surface area contributed by atoms with E-state index in [4.69, 9.17) is 4.74 Å². The van der Waals surface area contributed by atoms with Gasteiger partial charge < -0.3 is 9.64 Å². The molecule has 2 heterocycles. The molecule has 154 valence electrons. The lowest BCUT2D eigenvalue weighted by Gasteiger charge is -2.48. The summed E-state index contributed by atoms with van der Waals surface area (Å²) in [5, 5.41) is 0. The number of likely N-dealkylation sites (tertiary alicyclic amines) is 1. The maximum absolute atomic E-state index is 13.1. The molecule has 28 heavy (non-hydrogen) atoms. The molecule has 8 heteroatoms. The minimum absolute atomic E-state index is 0.0180. The lowest BCUT2D eigenvalue weighted by atomic mass is 9.82. The number of benzene rings is 1. The van der Waals surface area contributed by atoms with Crippen LogP contribution in [0.4, 0.5) is 4.39 Å². The predicted molar refractivity (Wildman–Crippen MR) is 103 cm³/mol. The van der Waals surface area contributed by atoms with Crippen LogP contribution in [0.2, 0.25) is 0 Å². The van der Waals surface area contributed by atoms with E-state index in [0.717, 1.165) is 19.3 Å². The summed E-state index contributed by atoms with van der Waals surface area (Å²) in [6.07, 6.45) is 5.99. The van der Waals surface area contributed by atoms with E-state index in [1.165, 1.54) is 30.5 Å². The van der Waals surface area contributed by atoms with Gasteiger partial charge in [0.25, 0.3) is 5.91 Å². The highest BCUT2D eigenvalue weighted by molar-refractivity contribution is 7.88. The maximum atomic E-state index is 13.1. The molecule has 1 saturated carbocycles. The van der Waals surface area contributed by atoms with Gasteiger partial charge in [-0.2, -0.15) is 4.31 Å². The van der Waals surface area contributed by atoms with Crippen molar-refractivity contribution in [1.82, 2.24) is 9.21 Å². The minimum atomic E-state index is -3.24. The van der Waals surface area contributed by atoms with Gasteiger partial charge in [-0.15, -0.1) is 0 Å². The molecule has 4 rings (SSSR count). The molecule has 3 fully saturated rings. The summed E-state index contributed by atoms with van der Waals surface area (Å²) in [7, 11) is -3.24. The van der Waals surface area contributed by atoms with E-state index in [0.29, 0.717) is 44.5 Å². The molecule has 6 nitrogen and oxygen atoms in total. The second-order valence-electron chi connectivity index (χ2n) is 8.30. The SMILES string of the molecule is CS(=O)(=O)N(C1CC1)C1CCOC2(CCN(C(=O)c3ccc(F)cc3)CC2)C1.